The Hall–Kier alpha value is 0.580. The van der Waals surface area contributed by atoms with Crippen molar-refractivity contribution in [2.24, 2.45) is 5.50 Å². The average molecular weight is 114 g/mol. The fourth-order valence-corrected chi connectivity index (χ4v) is 0. The summed E-state index contributed by atoms with van der Waals surface area (Å²) in [4.78, 5) is 3.48. The van der Waals surface area contributed by atoms with Gasteiger partial charge in [-0.1, -0.05) is 0 Å². The summed E-state index contributed by atoms with van der Waals surface area (Å²) in [6, 6.07) is 0. The molecule has 0 saturated carbocycles. The summed E-state index contributed by atoms with van der Waals surface area (Å²) in [5, 5.41) is 0. The molecule has 0 aliphatic carbocycles. The van der Waals surface area contributed by atoms with E-state index < -0.39 is 7.21 Å². The Balaban J connectivity index is 3.48. The quantitative estimate of drug-likeness (QED) is 0.468. The van der Waals surface area contributed by atoms with E-state index in [-0.39, 0.29) is 0 Å². The van der Waals surface area contributed by atoms with Crippen LogP contribution in [0.1, 0.15) is 0 Å². The molecule has 0 aromatic carbocycles. The molecule has 0 radical (unpaired) electrons. The van der Waals surface area contributed by atoms with Gasteiger partial charge in [0, 0.05) is 0 Å². The third-order valence-electron chi connectivity index (χ3n) is 0. The molecule has 32 valence electrons. The molecule has 0 spiro atoms. The molecular weight excluding hydrogens is 108 g/mol. The van der Waals surface area contributed by atoms with E-state index in [0.29, 0.717) is 0 Å². The highest BCUT2D eigenvalue weighted by molar-refractivity contribution is 8.13. The number of hydrogen-bond acceptors (Lipinski definition) is 2. The summed E-state index contributed by atoms with van der Waals surface area (Å²) in [6.45, 7) is 0. The van der Waals surface area contributed by atoms with Gasteiger partial charge in [-0.25, -0.2) is 0 Å². The van der Waals surface area contributed by atoms with Crippen LogP contribution in [0.25, 0.3) is 0 Å². The van der Waals surface area contributed by atoms with Crippen LogP contribution in [0, 0.1) is 0 Å². The van der Waals surface area contributed by atoms with Crippen LogP contribution < -0.4 is 5.50 Å². The fourth-order valence-electron chi connectivity index (χ4n) is 0. The minimum atomic E-state index is -3.06. The van der Waals surface area contributed by atoms with Crippen LogP contribution in [0.2, 0.25) is 0 Å². The van der Waals surface area contributed by atoms with E-state index in [9.17, 15) is 4.57 Å². The molecule has 0 aromatic rings. The lowest BCUT2D eigenvalue weighted by atomic mass is 13.9. The second kappa shape index (κ2) is 1.36. The zero-order valence-electron chi connectivity index (χ0n) is 3.42. The highest BCUT2D eigenvalue weighted by atomic mass is 32.1. The van der Waals surface area contributed by atoms with E-state index in [4.69, 9.17) is 1.43 Å². The summed E-state index contributed by atoms with van der Waals surface area (Å²) in [5.41, 5.74) is 4.64. The predicted molar refractivity (Wildman–Crippen MR) is 23.7 cm³/mol. The van der Waals surface area contributed by atoms with Crippen LogP contribution in [0.3, 0.4) is 0 Å². The largest absolute Gasteiger partial charge is 0.331 e. The highest BCUT2D eigenvalue weighted by Crippen LogP contribution is 2.39. The first-order valence-corrected chi connectivity index (χ1v) is 4.19. The first kappa shape index (κ1) is 3.76. The molecule has 2 unspecified atom stereocenters. The van der Waals surface area contributed by atoms with Gasteiger partial charge in [0.1, 0.15) is 0 Å². The monoisotopic (exact) mass is 114 g/mol. The number of rotatable bonds is 1. The molecule has 0 aliphatic heterocycles. The summed E-state index contributed by atoms with van der Waals surface area (Å²) in [6.07, 6.45) is 0. The van der Waals surface area contributed by atoms with Crippen LogP contribution in [-0.2, 0) is 4.57 Å². The van der Waals surface area contributed by atoms with Crippen molar-refractivity contribution in [2.45, 2.75) is 0 Å². The molecule has 0 bridgehead atoms. The zero-order valence-corrected chi connectivity index (χ0v) is 4.47. The fraction of sp³-hybridized carbons (Fsp3) is 0. The normalized spacial score (nSPS) is 24.0. The van der Waals surface area contributed by atoms with Gasteiger partial charge in [-0.3, -0.25) is 10.1 Å². The SMILES string of the molecule is [2H]OP(N)(=O)P. The molecule has 0 aromatic heterocycles. The lowest BCUT2D eigenvalue weighted by Crippen LogP contribution is -1.79. The van der Waals surface area contributed by atoms with E-state index in [1.54, 1.807) is 8.93 Å². The lowest BCUT2D eigenvalue weighted by molar-refractivity contribution is 0.498. The number of hydrogen-bond donors (Lipinski definition) is 2. The Kier molecular flexibility index (Phi) is 1.02. The van der Waals surface area contributed by atoms with Crippen LogP contribution in [-0.4, -0.2) is 6.33 Å². The maximum Gasteiger partial charge on any atom is 0.277 e. The van der Waals surface area contributed by atoms with Crippen molar-refractivity contribution in [2.75, 3.05) is 0 Å². The lowest BCUT2D eigenvalue weighted by Gasteiger charge is -1.86. The minimum Gasteiger partial charge on any atom is -0.331 e. The highest BCUT2D eigenvalue weighted by Gasteiger charge is 1.92. The van der Waals surface area contributed by atoms with E-state index in [2.05, 4.69) is 10.4 Å². The zero-order chi connectivity index (χ0) is 5.21. The molecule has 3 nitrogen and oxygen atoms in total. The van der Waals surface area contributed by atoms with Crippen molar-refractivity contribution in [3.63, 3.8) is 0 Å². The molecule has 0 heterocycles. The van der Waals surface area contributed by atoms with Gasteiger partial charge in [0.25, 0.3) is 7.21 Å². The third kappa shape index (κ3) is 90.6. The summed E-state index contributed by atoms with van der Waals surface area (Å²) in [7, 11) is -1.35. The molecule has 0 rings (SSSR count). The first-order valence-electron chi connectivity index (χ1n) is 1.29. The van der Waals surface area contributed by atoms with E-state index in [1.165, 1.54) is 0 Å². The van der Waals surface area contributed by atoms with Gasteiger partial charge in [0.05, 0.1) is 0 Å². The molecule has 5 heavy (non-hydrogen) atoms. The van der Waals surface area contributed by atoms with Crippen molar-refractivity contribution in [3.05, 3.63) is 0 Å². The minimum absolute atomic E-state index is 1.72. The average Bonchev–Trinajstić information content (AvgIpc) is 1.35. The van der Waals surface area contributed by atoms with Crippen molar-refractivity contribution in [1.82, 2.24) is 0 Å². The maximum absolute atomic E-state index is 9.91. The van der Waals surface area contributed by atoms with E-state index in [1.807, 2.05) is 0 Å². The van der Waals surface area contributed by atoms with Gasteiger partial charge in [-0.05, 0) is 8.93 Å². The smallest absolute Gasteiger partial charge is 0.277 e. The summed E-state index contributed by atoms with van der Waals surface area (Å²) < 4.78 is 15.9. The van der Waals surface area contributed by atoms with Crippen molar-refractivity contribution >= 4 is 16.1 Å². The van der Waals surface area contributed by atoms with Crippen LogP contribution in [0.4, 0.5) is 0 Å². The predicted octanol–water partition coefficient (Wildman–Crippen LogP) is -0.0794. The van der Waals surface area contributed by atoms with Crippen LogP contribution in [0.5, 0.6) is 0 Å². The van der Waals surface area contributed by atoms with Gasteiger partial charge >= 0.3 is 0 Å². The summed E-state index contributed by atoms with van der Waals surface area (Å²) in [5.74, 6) is 0. The van der Waals surface area contributed by atoms with Gasteiger partial charge in [0.15, 0.2) is 0 Å². The number of nitrogens with two attached hydrogens (primary N) is 1. The first-order chi connectivity index (χ1) is 2.56. The van der Waals surface area contributed by atoms with E-state index >= 15 is 0 Å². The maximum atomic E-state index is 9.91. The van der Waals surface area contributed by atoms with Gasteiger partial charge in [-0.2, -0.15) is 0 Å². The molecular formula is H5NO2P2. The second-order valence-electron chi connectivity index (χ2n) is 0.645. The Bertz CT molecular complexity index is 75.6. The molecule has 0 fully saturated rings. The van der Waals surface area contributed by atoms with Crippen LogP contribution in [0.15, 0.2) is 0 Å². The molecule has 0 saturated heterocycles. The Morgan fingerprint density at radius 3 is 2.60 bits per heavy atom. The molecule has 5 heteroatoms. The van der Waals surface area contributed by atoms with Gasteiger partial charge in [0.2, 0.25) is 1.43 Å². The molecule has 2 atom stereocenters. The van der Waals surface area contributed by atoms with Gasteiger partial charge < -0.3 is 4.90 Å². The molecule has 0 aliphatic rings. The van der Waals surface area contributed by atoms with Crippen LogP contribution >= 0.6 is 16.1 Å². The van der Waals surface area contributed by atoms with Gasteiger partial charge in [-0.15, -0.1) is 0 Å². The Morgan fingerprint density at radius 1 is 2.40 bits per heavy atom. The van der Waals surface area contributed by atoms with E-state index in [0.717, 1.165) is 0 Å². The van der Waals surface area contributed by atoms with Crippen molar-refractivity contribution in [3.8, 4) is 0 Å². The Morgan fingerprint density at radius 2 is 2.60 bits per heavy atom. The summed E-state index contributed by atoms with van der Waals surface area (Å²) >= 11 is 0. The standard InChI is InChI=1S/H5NO2P2/c1-5(2,3)4/h4H2,(H3,1,2,3)/i/hD. The topological polar surface area (TPSA) is 63.3 Å². The third-order valence-corrected chi connectivity index (χ3v) is 0. The van der Waals surface area contributed by atoms with Crippen molar-refractivity contribution in [1.29, 1.82) is 1.43 Å². The molecule has 0 amide bonds. The second-order valence-corrected chi connectivity index (χ2v) is 4.10. The van der Waals surface area contributed by atoms with Crippen molar-refractivity contribution < 1.29 is 9.46 Å². The molecule has 3 N–H and O–H groups in total. The Labute approximate surface area is 33.7 Å².